The molecule has 3 heterocycles. The Morgan fingerprint density at radius 1 is 1.27 bits per heavy atom. The van der Waals surface area contributed by atoms with Gasteiger partial charge in [0.2, 0.25) is 5.95 Å². The molecule has 0 aromatic carbocycles. The zero-order valence-corrected chi connectivity index (χ0v) is 15.7. The summed E-state index contributed by atoms with van der Waals surface area (Å²) in [6, 6.07) is 4.33. The summed E-state index contributed by atoms with van der Waals surface area (Å²) in [5.74, 6) is 2.22. The lowest BCUT2D eigenvalue weighted by Gasteiger charge is -2.26. The molecule has 2 aromatic heterocycles. The van der Waals surface area contributed by atoms with E-state index in [0.29, 0.717) is 12.5 Å². The number of nitrogen functional groups attached to an aromatic ring is 1. The molecule has 0 saturated carbocycles. The molecule has 3 rings (SSSR count). The van der Waals surface area contributed by atoms with Gasteiger partial charge < -0.3 is 11.1 Å². The number of likely N-dealkylation sites (tertiary alicyclic amines) is 1. The summed E-state index contributed by atoms with van der Waals surface area (Å²) in [7, 11) is 0. The molecule has 0 spiro atoms. The number of rotatable bonds is 8. The fourth-order valence-electron chi connectivity index (χ4n) is 2.99. The van der Waals surface area contributed by atoms with Gasteiger partial charge in [-0.2, -0.15) is 11.8 Å². The van der Waals surface area contributed by atoms with Gasteiger partial charge in [-0.1, -0.05) is 6.42 Å². The highest BCUT2D eigenvalue weighted by Crippen LogP contribution is 2.15. The second-order valence-electron chi connectivity index (χ2n) is 6.49. The molecule has 0 amide bonds. The zero-order chi connectivity index (χ0) is 18.2. The molecule has 1 aliphatic heterocycles. The highest BCUT2D eigenvalue weighted by Gasteiger charge is 2.10. The SMILES string of the molecule is Nc1cnc(NCCSCc2cc(CN3CCCCC3)ccn2)[nH]c1=O. The van der Waals surface area contributed by atoms with Gasteiger partial charge in [0.1, 0.15) is 5.69 Å². The van der Waals surface area contributed by atoms with Crippen molar-refractivity contribution in [2.45, 2.75) is 31.6 Å². The predicted molar refractivity (Wildman–Crippen MR) is 107 cm³/mol. The predicted octanol–water partition coefficient (Wildman–Crippen LogP) is 2.08. The number of hydrogen-bond acceptors (Lipinski definition) is 7. The molecule has 0 unspecified atom stereocenters. The standard InChI is InChI=1S/C18H26N6OS/c19-16-11-22-18(23-17(16)25)21-6-9-26-13-15-10-14(4-5-20-15)12-24-7-2-1-3-8-24/h4-5,10-11H,1-3,6-9,12-13,19H2,(H2,21,22,23,25). The fourth-order valence-corrected chi connectivity index (χ4v) is 3.75. The van der Waals surface area contributed by atoms with Crippen LogP contribution in [0.15, 0.2) is 29.3 Å². The van der Waals surface area contributed by atoms with E-state index in [0.717, 1.165) is 23.7 Å². The third-order valence-corrected chi connectivity index (χ3v) is 5.34. The Morgan fingerprint density at radius 3 is 2.92 bits per heavy atom. The molecule has 1 saturated heterocycles. The summed E-state index contributed by atoms with van der Waals surface area (Å²) >= 11 is 1.80. The fraction of sp³-hybridized carbons (Fsp3) is 0.500. The molecule has 0 radical (unpaired) electrons. The number of pyridine rings is 1. The third-order valence-electron chi connectivity index (χ3n) is 4.35. The van der Waals surface area contributed by atoms with Crippen molar-refractivity contribution in [2.75, 3.05) is 36.4 Å². The Balaban J connectivity index is 1.39. The van der Waals surface area contributed by atoms with Crippen LogP contribution >= 0.6 is 11.8 Å². The molecule has 2 aromatic rings. The van der Waals surface area contributed by atoms with Gasteiger partial charge in [0.15, 0.2) is 0 Å². The first-order chi connectivity index (χ1) is 12.7. The van der Waals surface area contributed by atoms with Gasteiger partial charge in [-0.05, 0) is 43.6 Å². The topological polar surface area (TPSA) is 99.9 Å². The molecule has 1 fully saturated rings. The van der Waals surface area contributed by atoms with Gasteiger partial charge in [-0.15, -0.1) is 0 Å². The van der Waals surface area contributed by atoms with E-state index in [9.17, 15) is 4.79 Å². The molecule has 1 aliphatic rings. The molecule has 4 N–H and O–H groups in total. The number of nitrogens with zero attached hydrogens (tertiary/aromatic N) is 3. The molecule has 26 heavy (non-hydrogen) atoms. The van der Waals surface area contributed by atoms with Crippen LogP contribution in [0.3, 0.4) is 0 Å². The Labute approximate surface area is 157 Å². The second-order valence-corrected chi connectivity index (χ2v) is 7.59. The largest absolute Gasteiger partial charge is 0.393 e. The van der Waals surface area contributed by atoms with Crippen LogP contribution in [0.5, 0.6) is 0 Å². The average Bonchev–Trinajstić information content (AvgIpc) is 2.65. The summed E-state index contributed by atoms with van der Waals surface area (Å²) in [6.07, 6.45) is 7.27. The lowest BCUT2D eigenvalue weighted by atomic mass is 10.1. The molecule has 0 aliphatic carbocycles. The molecular weight excluding hydrogens is 348 g/mol. The van der Waals surface area contributed by atoms with Crippen molar-refractivity contribution in [1.29, 1.82) is 0 Å². The van der Waals surface area contributed by atoms with Crippen LogP contribution in [-0.4, -0.2) is 45.2 Å². The van der Waals surface area contributed by atoms with Crippen molar-refractivity contribution in [2.24, 2.45) is 0 Å². The van der Waals surface area contributed by atoms with Crippen molar-refractivity contribution in [3.8, 4) is 0 Å². The van der Waals surface area contributed by atoms with Crippen molar-refractivity contribution < 1.29 is 0 Å². The zero-order valence-electron chi connectivity index (χ0n) is 14.9. The number of nitrogens with one attached hydrogen (secondary N) is 2. The molecule has 7 nitrogen and oxygen atoms in total. The molecular formula is C18H26N6OS. The monoisotopic (exact) mass is 374 g/mol. The van der Waals surface area contributed by atoms with Gasteiger partial charge >= 0.3 is 0 Å². The highest BCUT2D eigenvalue weighted by molar-refractivity contribution is 7.98. The van der Waals surface area contributed by atoms with Crippen molar-refractivity contribution in [1.82, 2.24) is 19.9 Å². The van der Waals surface area contributed by atoms with E-state index in [1.165, 1.54) is 44.1 Å². The quantitative estimate of drug-likeness (QED) is 0.608. The summed E-state index contributed by atoms with van der Waals surface area (Å²) < 4.78 is 0. The number of hydrogen-bond donors (Lipinski definition) is 3. The normalized spacial score (nSPS) is 15.1. The minimum Gasteiger partial charge on any atom is -0.393 e. The number of thioether (sulfide) groups is 1. The van der Waals surface area contributed by atoms with E-state index in [4.69, 9.17) is 5.73 Å². The molecule has 0 atom stereocenters. The smallest absolute Gasteiger partial charge is 0.275 e. The van der Waals surface area contributed by atoms with Crippen LogP contribution < -0.4 is 16.6 Å². The number of aromatic nitrogens is 3. The number of aromatic amines is 1. The summed E-state index contributed by atoms with van der Waals surface area (Å²) in [6.45, 7) is 4.15. The second kappa shape index (κ2) is 9.59. The average molecular weight is 375 g/mol. The Morgan fingerprint density at radius 2 is 2.12 bits per heavy atom. The van der Waals surface area contributed by atoms with Gasteiger partial charge in [-0.25, -0.2) is 4.98 Å². The van der Waals surface area contributed by atoms with E-state index in [-0.39, 0.29) is 11.2 Å². The van der Waals surface area contributed by atoms with Crippen molar-refractivity contribution in [3.63, 3.8) is 0 Å². The summed E-state index contributed by atoms with van der Waals surface area (Å²) in [4.78, 5) is 25.1. The molecule has 8 heteroatoms. The third kappa shape index (κ3) is 5.74. The summed E-state index contributed by atoms with van der Waals surface area (Å²) in [5.41, 5.74) is 7.72. The maximum absolute atomic E-state index is 11.4. The van der Waals surface area contributed by atoms with E-state index in [1.807, 2.05) is 6.20 Å². The van der Waals surface area contributed by atoms with Crippen LogP contribution in [0, 0.1) is 0 Å². The number of anilines is 2. The van der Waals surface area contributed by atoms with Crippen molar-refractivity contribution >= 4 is 23.4 Å². The number of piperidine rings is 1. The Hall–Kier alpha value is -2.06. The molecule has 140 valence electrons. The lowest BCUT2D eigenvalue weighted by molar-refractivity contribution is 0.221. The van der Waals surface area contributed by atoms with Gasteiger partial charge in [0, 0.05) is 30.8 Å². The first-order valence-corrected chi connectivity index (χ1v) is 10.2. The Kier molecular flexibility index (Phi) is 6.90. The minimum atomic E-state index is -0.315. The van der Waals surface area contributed by atoms with E-state index in [2.05, 4.69) is 37.3 Å². The van der Waals surface area contributed by atoms with Gasteiger partial charge in [0.25, 0.3) is 5.56 Å². The first kappa shape index (κ1) is 18.7. The Bertz CT molecular complexity index is 759. The van der Waals surface area contributed by atoms with Crippen LogP contribution in [0.2, 0.25) is 0 Å². The van der Waals surface area contributed by atoms with Crippen LogP contribution in [-0.2, 0) is 12.3 Å². The van der Waals surface area contributed by atoms with E-state index < -0.39 is 0 Å². The number of nitrogens with two attached hydrogens (primary N) is 1. The first-order valence-electron chi connectivity index (χ1n) is 9.03. The van der Waals surface area contributed by atoms with E-state index >= 15 is 0 Å². The van der Waals surface area contributed by atoms with E-state index in [1.54, 1.807) is 11.8 Å². The van der Waals surface area contributed by atoms with Crippen molar-refractivity contribution in [3.05, 3.63) is 46.1 Å². The maximum atomic E-state index is 11.4. The summed E-state index contributed by atoms with van der Waals surface area (Å²) in [5, 5.41) is 3.09. The highest BCUT2D eigenvalue weighted by atomic mass is 32.2. The number of H-pyrrole nitrogens is 1. The van der Waals surface area contributed by atoms with Crippen LogP contribution in [0.1, 0.15) is 30.5 Å². The van der Waals surface area contributed by atoms with Crippen LogP contribution in [0.25, 0.3) is 0 Å². The van der Waals surface area contributed by atoms with Gasteiger partial charge in [-0.3, -0.25) is 19.7 Å². The maximum Gasteiger partial charge on any atom is 0.275 e. The van der Waals surface area contributed by atoms with Gasteiger partial charge in [0.05, 0.1) is 11.9 Å². The molecule has 0 bridgehead atoms. The minimum absolute atomic E-state index is 0.125. The lowest BCUT2D eigenvalue weighted by Crippen LogP contribution is -2.29. The van der Waals surface area contributed by atoms with Crippen LogP contribution in [0.4, 0.5) is 11.6 Å².